The van der Waals surface area contributed by atoms with E-state index in [0.717, 1.165) is 38.9 Å². The fraction of sp³-hybridized carbons (Fsp3) is 0.632. The molecule has 1 saturated heterocycles. The molecule has 5 heteroatoms. The molecule has 0 spiro atoms. The number of nitrogens with one attached hydrogen (secondary N) is 1. The Morgan fingerprint density at radius 3 is 2.54 bits per heavy atom. The highest BCUT2D eigenvalue weighted by Crippen LogP contribution is 2.35. The number of nitrogens with zero attached hydrogens (tertiary/aromatic N) is 1. The summed E-state index contributed by atoms with van der Waals surface area (Å²) in [5.74, 6) is 0.575. The van der Waals surface area contributed by atoms with E-state index in [4.69, 9.17) is 4.74 Å². The average Bonchev–Trinajstić information content (AvgIpc) is 3.42. The van der Waals surface area contributed by atoms with Crippen LogP contribution in [0.2, 0.25) is 0 Å². The minimum atomic E-state index is 0.0527. The Morgan fingerprint density at radius 2 is 1.92 bits per heavy atom. The molecule has 2 aliphatic rings. The zero-order valence-corrected chi connectivity index (χ0v) is 14.2. The zero-order valence-electron chi connectivity index (χ0n) is 14.2. The van der Waals surface area contributed by atoms with Crippen molar-refractivity contribution in [2.75, 3.05) is 26.4 Å². The lowest BCUT2D eigenvalue weighted by atomic mass is 10.1. The summed E-state index contributed by atoms with van der Waals surface area (Å²) in [6.45, 7) is 2.60. The van der Waals surface area contributed by atoms with Gasteiger partial charge >= 0.3 is 0 Å². The molecule has 0 bridgehead atoms. The number of amides is 1. The van der Waals surface area contributed by atoms with Crippen molar-refractivity contribution in [1.82, 2.24) is 10.2 Å². The third-order valence-electron chi connectivity index (χ3n) is 4.98. The van der Waals surface area contributed by atoms with Gasteiger partial charge in [-0.2, -0.15) is 0 Å². The molecular weight excluding hydrogens is 304 g/mol. The van der Waals surface area contributed by atoms with Crippen LogP contribution >= 0.6 is 0 Å². The van der Waals surface area contributed by atoms with E-state index >= 15 is 0 Å². The van der Waals surface area contributed by atoms with Gasteiger partial charge < -0.3 is 15.2 Å². The Bertz CT molecular complexity index is 513. The highest BCUT2D eigenvalue weighted by Gasteiger charge is 2.35. The molecule has 1 unspecified atom stereocenters. The minimum Gasteiger partial charge on any atom is -0.395 e. The van der Waals surface area contributed by atoms with Gasteiger partial charge in [0.05, 0.1) is 13.2 Å². The second-order valence-electron chi connectivity index (χ2n) is 6.93. The predicted octanol–water partition coefficient (Wildman–Crippen LogP) is 1.55. The summed E-state index contributed by atoms with van der Waals surface area (Å²) in [6, 6.07) is 10.5. The van der Waals surface area contributed by atoms with Crippen LogP contribution in [0.5, 0.6) is 0 Å². The summed E-state index contributed by atoms with van der Waals surface area (Å²) in [6.07, 6.45) is 4.07. The first kappa shape index (κ1) is 17.4. The van der Waals surface area contributed by atoms with E-state index in [1.807, 2.05) is 18.2 Å². The third-order valence-corrected chi connectivity index (χ3v) is 4.98. The van der Waals surface area contributed by atoms with Crippen LogP contribution in [0.4, 0.5) is 0 Å². The first-order valence-corrected chi connectivity index (χ1v) is 9.02. The lowest BCUT2D eigenvalue weighted by Gasteiger charge is -2.31. The Balaban J connectivity index is 1.61. The van der Waals surface area contributed by atoms with E-state index in [9.17, 15) is 9.90 Å². The number of aliphatic hydroxyl groups is 1. The monoisotopic (exact) mass is 332 g/mol. The Kier molecular flexibility index (Phi) is 6.24. The van der Waals surface area contributed by atoms with Crippen LogP contribution in [0, 0.1) is 5.92 Å². The van der Waals surface area contributed by atoms with Gasteiger partial charge in [-0.25, -0.2) is 0 Å². The quantitative estimate of drug-likeness (QED) is 0.758. The summed E-state index contributed by atoms with van der Waals surface area (Å²) in [5, 5.41) is 13.0. The molecule has 5 nitrogen and oxygen atoms in total. The highest BCUT2D eigenvalue weighted by atomic mass is 16.5. The smallest absolute Gasteiger partial charge is 0.234 e. The molecule has 1 heterocycles. The number of aliphatic hydroxyl groups excluding tert-OH is 1. The third kappa shape index (κ3) is 5.03. The molecule has 1 atom stereocenters. The number of benzene rings is 1. The van der Waals surface area contributed by atoms with Gasteiger partial charge in [-0.1, -0.05) is 30.3 Å². The number of rotatable bonds is 8. The standard InChI is InChI=1S/C19H28N2O3/c22-14-18(16-6-7-16)21(12-15-4-2-1-3-5-15)13-19(23)20-17-8-10-24-11-9-17/h1-5,16-18,22H,6-14H2,(H,20,23). The van der Waals surface area contributed by atoms with Crippen molar-refractivity contribution < 1.29 is 14.6 Å². The van der Waals surface area contributed by atoms with Gasteiger partial charge in [0.15, 0.2) is 0 Å². The van der Waals surface area contributed by atoms with E-state index in [1.54, 1.807) is 0 Å². The first-order valence-electron chi connectivity index (χ1n) is 9.02. The number of hydrogen-bond donors (Lipinski definition) is 2. The van der Waals surface area contributed by atoms with E-state index < -0.39 is 0 Å². The van der Waals surface area contributed by atoms with Gasteiger partial charge in [0.2, 0.25) is 5.91 Å². The molecule has 2 N–H and O–H groups in total. The number of ether oxygens (including phenoxy) is 1. The van der Waals surface area contributed by atoms with Crippen LogP contribution in [0.1, 0.15) is 31.2 Å². The molecule has 0 aromatic heterocycles. The van der Waals surface area contributed by atoms with Crippen molar-refractivity contribution in [3.63, 3.8) is 0 Å². The summed E-state index contributed by atoms with van der Waals surface area (Å²) in [5.41, 5.74) is 1.18. The molecule has 1 amide bonds. The number of carbonyl (C=O) groups is 1. The highest BCUT2D eigenvalue weighted by molar-refractivity contribution is 5.78. The summed E-state index contributed by atoms with van der Waals surface area (Å²) in [4.78, 5) is 14.6. The van der Waals surface area contributed by atoms with Gasteiger partial charge in [0.25, 0.3) is 0 Å². The maximum Gasteiger partial charge on any atom is 0.234 e. The molecule has 1 aromatic rings. The largest absolute Gasteiger partial charge is 0.395 e. The van der Waals surface area contributed by atoms with Gasteiger partial charge in [0, 0.05) is 31.8 Å². The molecule has 1 aliphatic carbocycles. The summed E-state index contributed by atoms with van der Waals surface area (Å²) >= 11 is 0. The van der Waals surface area contributed by atoms with Crippen LogP contribution in [0.15, 0.2) is 30.3 Å². The van der Waals surface area contributed by atoms with E-state index in [-0.39, 0.29) is 24.6 Å². The Morgan fingerprint density at radius 1 is 1.21 bits per heavy atom. The van der Waals surface area contributed by atoms with Crippen LogP contribution in [-0.2, 0) is 16.1 Å². The fourth-order valence-corrected chi connectivity index (χ4v) is 3.45. The zero-order chi connectivity index (χ0) is 16.8. The maximum absolute atomic E-state index is 12.5. The molecule has 2 fully saturated rings. The minimum absolute atomic E-state index is 0.0527. The summed E-state index contributed by atoms with van der Waals surface area (Å²) < 4.78 is 5.34. The second kappa shape index (κ2) is 8.60. The lowest BCUT2D eigenvalue weighted by Crippen LogP contribution is -2.48. The van der Waals surface area contributed by atoms with Gasteiger partial charge in [-0.3, -0.25) is 9.69 Å². The van der Waals surface area contributed by atoms with Crippen molar-refractivity contribution in [3.05, 3.63) is 35.9 Å². The molecular formula is C19H28N2O3. The van der Waals surface area contributed by atoms with Crippen molar-refractivity contribution in [1.29, 1.82) is 0 Å². The lowest BCUT2D eigenvalue weighted by molar-refractivity contribution is -0.124. The molecule has 3 rings (SSSR count). The van der Waals surface area contributed by atoms with Crippen molar-refractivity contribution >= 4 is 5.91 Å². The maximum atomic E-state index is 12.5. The van der Waals surface area contributed by atoms with Crippen LogP contribution in [0.25, 0.3) is 0 Å². The van der Waals surface area contributed by atoms with E-state index in [0.29, 0.717) is 19.0 Å². The Hall–Kier alpha value is -1.43. The molecule has 1 saturated carbocycles. The predicted molar refractivity (Wildman–Crippen MR) is 92.4 cm³/mol. The van der Waals surface area contributed by atoms with Crippen molar-refractivity contribution in [3.8, 4) is 0 Å². The average molecular weight is 332 g/mol. The molecule has 1 aromatic carbocycles. The topological polar surface area (TPSA) is 61.8 Å². The molecule has 0 radical (unpaired) electrons. The first-order chi connectivity index (χ1) is 11.8. The molecule has 24 heavy (non-hydrogen) atoms. The van der Waals surface area contributed by atoms with Crippen molar-refractivity contribution in [2.24, 2.45) is 5.92 Å². The molecule has 132 valence electrons. The van der Waals surface area contributed by atoms with Crippen LogP contribution in [0.3, 0.4) is 0 Å². The number of hydrogen-bond acceptors (Lipinski definition) is 4. The van der Waals surface area contributed by atoms with Gasteiger partial charge in [-0.05, 0) is 37.2 Å². The van der Waals surface area contributed by atoms with Gasteiger partial charge in [-0.15, -0.1) is 0 Å². The van der Waals surface area contributed by atoms with Crippen LogP contribution in [-0.4, -0.2) is 54.4 Å². The summed E-state index contributed by atoms with van der Waals surface area (Å²) in [7, 11) is 0. The van der Waals surface area contributed by atoms with E-state index in [1.165, 1.54) is 5.56 Å². The van der Waals surface area contributed by atoms with Crippen molar-refractivity contribution in [2.45, 2.75) is 44.3 Å². The fourth-order valence-electron chi connectivity index (χ4n) is 3.45. The Labute approximate surface area is 144 Å². The SMILES string of the molecule is O=C(CN(Cc1ccccc1)C(CO)C1CC1)NC1CCOCC1. The second-order valence-corrected chi connectivity index (χ2v) is 6.93. The normalized spacial score (nSPS) is 20.1. The molecule has 1 aliphatic heterocycles. The van der Waals surface area contributed by atoms with Gasteiger partial charge in [0.1, 0.15) is 0 Å². The van der Waals surface area contributed by atoms with Crippen LogP contribution < -0.4 is 5.32 Å². The number of carbonyl (C=O) groups excluding carboxylic acids is 1. The van der Waals surface area contributed by atoms with E-state index in [2.05, 4.69) is 22.3 Å².